The molecule has 3 aliphatic rings. The first-order valence-corrected chi connectivity index (χ1v) is 8.43. The minimum atomic E-state index is -1.16. The molecule has 122 valence electrons. The van der Waals surface area contributed by atoms with Crippen molar-refractivity contribution in [2.75, 3.05) is 0 Å². The Kier molecular flexibility index (Phi) is 3.32. The van der Waals surface area contributed by atoms with Gasteiger partial charge in [-0.15, -0.1) is 0 Å². The third kappa shape index (κ3) is 1.85. The van der Waals surface area contributed by atoms with E-state index in [1.54, 1.807) is 20.8 Å². The summed E-state index contributed by atoms with van der Waals surface area (Å²) in [7, 11) is 0. The molecule has 3 saturated carbocycles. The normalized spacial score (nSPS) is 41.3. The number of carbonyl (C=O) groups is 3. The second-order valence-corrected chi connectivity index (χ2v) is 8.58. The summed E-state index contributed by atoms with van der Waals surface area (Å²) < 4.78 is 5.81. The van der Waals surface area contributed by atoms with Crippen molar-refractivity contribution in [1.82, 2.24) is 0 Å². The fourth-order valence-corrected chi connectivity index (χ4v) is 4.85. The lowest BCUT2D eigenvalue weighted by atomic mass is 9.39. The lowest BCUT2D eigenvalue weighted by Gasteiger charge is -2.65. The van der Waals surface area contributed by atoms with Crippen molar-refractivity contribution in [2.24, 2.45) is 22.7 Å². The van der Waals surface area contributed by atoms with Crippen LogP contribution in [0.5, 0.6) is 0 Å². The van der Waals surface area contributed by atoms with E-state index in [-0.39, 0.29) is 23.5 Å². The van der Waals surface area contributed by atoms with Gasteiger partial charge in [0.2, 0.25) is 0 Å². The summed E-state index contributed by atoms with van der Waals surface area (Å²) >= 11 is 0. The van der Waals surface area contributed by atoms with E-state index in [0.717, 1.165) is 12.8 Å². The van der Waals surface area contributed by atoms with Gasteiger partial charge in [0.05, 0.1) is 10.8 Å². The molecular formula is C18H26O4. The fraction of sp³-hybridized carbons (Fsp3) is 0.833. The number of ketones is 2. The Morgan fingerprint density at radius 2 is 1.91 bits per heavy atom. The lowest BCUT2D eigenvalue weighted by molar-refractivity contribution is -0.246. The molecule has 3 rings (SSSR count). The average Bonchev–Trinajstić information content (AvgIpc) is 2.37. The van der Waals surface area contributed by atoms with E-state index in [1.165, 1.54) is 0 Å². The molecule has 0 unspecified atom stereocenters. The maximum Gasteiger partial charge on any atom is 0.312 e. The summed E-state index contributed by atoms with van der Waals surface area (Å²) in [6.45, 7) is 7.45. The first kappa shape index (κ1) is 15.7. The Morgan fingerprint density at radius 3 is 2.50 bits per heavy atom. The SMILES string of the molecule is C[C@@H]1CC(=O)[C@]23CCCC(=O)[C@@]2(OC(=O)C(C)(C)C)C[C@@H]3C1. The Bertz CT molecular complexity index is 544. The molecule has 0 amide bonds. The van der Waals surface area contributed by atoms with Crippen molar-refractivity contribution in [3.63, 3.8) is 0 Å². The molecule has 0 aromatic rings. The molecule has 0 radical (unpaired) electrons. The fourth-order valence-electron chi connectivity index (χ4n) is 4.85. The van der Waals surface area contributed by atoms with Crippen LogP contribution in [0.1, 0.15) is 66.2 Å². The minimum absolute atomic E-state index is 0.0319. The summed E-state index contributed by atoms with van der Waals surface area (Å²) in [6, 6.07) is 0. The van der Waals surface area contributed by atoms with Gasteiger partial charge >= 0.3 is 5.97 Å². The van der Waals surface area contributed by atoms with Gasteiger partial charge in [-0.25, -0.2) is 0 Å². The van der Waals surface area contributed by atoms with Gasteiger partial charge in [0.1, 0.15) is 5.78 Å². The summed E-state index contributed by atoms with van der Waals surface area (Å²) in [5.41, 5.74) is -2.53. The Morgan fingerprint density at radius 1 is 1.23 bits per heavy atom. The van der Waals surface area contributed by atoms with Crippen LogP contribution in [0.4, 0.5) is 0 Å². The van der Waals surface area contributed by atoms with Gasteiger partial charge in [0.15, 0.2) is 11.4 Å². The van der Waals surface area contributed by atoms with Crippen molar-refractivity contribution in [2.45, 2.75) is 71.8 Å². The van der Waals surface area contributed by atoms with Crippen LogP contribution >= 0.6 is 0 Å². The molecule has 1 spiro atoms. The zero-order valence-electron chi connectivity index (χ0n) is 14.0. The van der Waals surface area contributed by atoms with Gasteiger partial charge in [0.25, 0.3) is 0 Å². The summed E-state index contributed by atoms with van der Waals surface area (Å²) in [6.07, 6.45) is 3.89. The number of hydrogen-bond acceptors (Lipinski definition) is 4. The zero-order chi connectivity index (χ0) is 16.3. The Balaban J connectivity index is 1.98. The third-order valence-corrected chi connectivity index (χ3v) is 5.97. The molecule has 4 nitrogen and oxygen atoms in total. The number of esters is 1. The number of rotatable bonds is 1. The number of carbonyl (C=O) groups excluding carboxylic acids is 3. The Labute approximate surface area is 132 Å². The van der Waals surface area contributed by atoms with E-state index in [4.69, 9.17) is 4.74 Å². The maximum atomic E-state index is 12.9. The van der Waals surface area contributed by atoms with Crippen LogP contribution in [0, 0.1) is 22.7 Å². The second kappa shape index (κ2) is 4.65. The van der Waals surface area contributed by atoms with Crippen molar-refractivity contribution in [3.8, 4) is 0 Å². The molecule has 0 heterocycles. The minimum Gasteiger partial charge on any atom is -0.450 e. The lowest BCUT2D eigenvalue weighted by Crippen LogP contribution is -2.75. The molecule has 0 aromatic heterocycles. The molecule has 3 fully saturated rings. The highest BCUT2D eigenvalue weighted by molar-refractivity contribution is 6.03. The maximum absolute atomic E-state index is 12.9. The summed E-state index contributed by atoms with van der Waals surface area (Å²) in [5.74, 6) is 0.331. The summed E-state index contributed by atoms with van der Waals surface area (Å²) in [5, 5.41) is 0. The van der Waals surface area contributed by atoms with Crippen LogP contribution in [0.15, 0.2) is 0 Å². The van der Waals surface area contributed by atoms with E-state index in [0.29, 0.717) is 31.6 Å². The molecule has 0 saturated heterocycles. The van der Waals surface area contributed by atoms with Gasteiger partial charge < -0.3 is 4.74 Å². The smallest absolute Gasteiger partial charge is 0.312 e. The molecule has 22 heavy (non-hydrogen) atoms. The molecule has 4 heteroatoms. The van der Waals surface area contributed by atoms with Crippen LogP contribution < -0.4 is 0 Å². The molecule has 0 aliphatic heterocycles. The van der Waals surface area contributed by atoms with Crippen LogP contribution in [-0.4, -0.2) is 23.1 Å². The highest BCUT2D eigenvalue weighted by Crippen LogP contribution is 2.67. The third-order valence-electron chi connectivity index (χ3n) is 5.97. The zero-order valence-corrected chi connectivity index (χ0v) is 14.0. The van der Waals surface area contributed by atoms with E-state index in [2.05, 4.69) is 6.92 Å². The van der Waals surface area contributed by atoms with Crippen molar-refractivity contribution in [1.29, 1.82) is 0 Å². The van der Waals surface area contributed by atoms with Gasteiger partial charge in [0, 0.05) is 12.8 Å². The van der Waals surface area contributed by atoms with Crippen LogP contribution in [0.2, 0.25) is 0 Å². The van der Waals surface area contributed by atoms with Crippen molar-refractivity contribution in [3.05, 3.63) is 0 Å². The highest BCUT2D eigenvalue weighted by Gasteiger charge is 2.76. The van der Waals surface area contributed by atoms with E-state index in [9.17, 15) is 14.4 Å². The average molecular weight is 306 g/mol. The molecule has 3 aliphatic carbocycles. The first-order chi connectivity index (χ1) is 10.1. The van der Waals surface area contributed by atoms with Crippen molar-refractivity contribution >= 4 is 17.5 Å². The van der Waals surface area contributed by atoms with Crippen molar-refractivity contribution < 1.29 is 19.1 Å². The number of ether oxygens (including phenoxy) is 1. The summed E-state index contributed by atoms with van der Waals surface area (Å²) in [4.78, 5) is 38.0. The molecular weight excluding hydrogens is 280 g/mol. The quantitative estimate of drug-likeness (QED) is 0.699. The standard InChI is InChI=1S/C18H26O4/c1-11-8-12-10-18(22-15(21)16(2,3)4)13(19)6-5-7-17(12,18)14(20)9-11/h11-12H,5-10H2,1-4H3/t11-,12-,17+,18-/m0/s1. The second-order valence-electron chi connectivity index (χ2n) is 8.58. The molecule has 0 bridgehead atoms. The molecule has 4 atom stereocenters. The van der Waals surface area contributed by atoms with E-state index in [1.807, 2.05) is 0 Å². The monoisotopic (exact) mass is 306 g/mol. The largest absolute Gasteiger partial charge is 0.450 e. The topological polar surface area (TPSA) is 60.4 Å². The predicted octanol–water partition coefficient (Wildman–Crippen LogP) is 3.07. The van der Waals surface area contributed by atoms with Gasteiger partial charge in [-0.05, 0) is 58.3 Å². The van der Waals surface area contributed by atoms with Gasteiger partial charge in [-0.1, -0.05) is 6.92 Å². The van der Waals surface area contributed by atoms with Crippen LogP contribution in [-0.2, 0) is 19.1 Å². The van der Waals surface area contributed by atoms with E-state index < -0.39 is 16.4 Å². The van der Waals surface area contributed by atoms with E-state index >= 15 is 0 Å². The predicted molar refractivity (Wildman–Crippen MR) is 81.1 cm³/mol. The Hall–Kier alpha value is -1.19. The van der Waals surface area contributed by atoms with Gasteiger partial charge in [-0.3, -0.25) is 14.4 Å². The van der Waals surface area contributed by atoms with Crippen LogP contribution in [0.3, 0.4) is 0 Å². The molecule has 0 N–H and O–H groups in total. The number of Topliss-reactive ketones (excluding diaryl/α,β-unsaturated/α-hetero) is 2. The highest BCUT2D eigenvalue weighted by atomic mass is 16.6. The number of hydrogen-bond donors (Lipinski definition) is 0. The molecule has 0 aromatic carbocycles. The van der Waals surface area contributed by atoms with Gasteiger partial charge in [-0.2, -0.15) is 0 Å². The first-order valence-electron chi connectivity index (χ1n) is 8.43. The van der Waals surface area contributed by atoms with Crippen LogP contribution in [0.25, 0.3) is 0 Å².